The summed E-state index contributed by atoms with van der Waals surface area (Å²) in [6, 6.07) is 1.52. The van der Waals surface area contributed by atoms with Crippen molar-refractivity contribution in [3.05, 3.63) is 53.4 Å². The van der Waals surface area contributed by atoms with Gasteiger partial charge in [-0.3, -0.25) is 9.59 Å². The van der Waals surface area contributed by atoms with Crippen molar-refractivity contribution in [1.82, 2.24) is 15.6 Å². The predicted octanol–water partition coefficient (Wildman–Crippen LogP) is 2.58. The smallest absolute Gasteiger partial charge is 0.271 e. The third kappa shape index (κ3) is 5.42. The average molecular weight is 355 g/mol. The van der Waals surface area contributed by atoms with Crippen LogP contribution in [0.4, 0.5) is 0 Å². The van der Waals surface area contributed by atoms with Gasteiger partial charge >= 0.3 is 0 Å². The lowest BCUT2D eigenvalue weighted by atomic mass is 10.1. The fourth-order valence-corrected chi connectivity index (χ4v) is 2.17. The molecule has 1 aromatic rings. The summed E-state index contributed by atoms with van der Waals surface area (Å²) >= 11 is 0. The fourth-order valence-electron chi connectivity index (χ4n) is 2.17. The number of aromatic nitrogens is 1. The van der Waals surface area contributed by atoms with Gasteiger partial charge in [0.05, 0.1) is 0 Å². The minimum atomic E-state index is -0.374. The van der Waals surface area contributed by atoms with Crippen LogP contribution >= 0.6 is 0 Å². The standard InChI is InChI=1S/C20H25N3O3/c1-7-13(4)10-11-15(8-2)14(5)26-17-12-16(19(24)22-9-3)23-18(17)20(25)21-6/h1,8,10-12,14,23H,4,9H2,2-3,5-6H3,(H,21,25)(H,22,24)/b11-10-,15-8+. The number of carbonyl (C=O) groups is 2. The molecule has 3 N–H and O–H groups in total. The number of rotatable bonds is 8. The molecule has 1 heterocycles. The van der Waals surface area contributed by atoms with Crippen molar-refractivity contribution in [2.75, 3.05) is 13.6 Å². The molecule has 6 nitrogen and oxygen atoms in total. The highest BCUT2D eigenvalue weighted by atomic mass is 16.5. The van der Waals surface area contributed by atoms with Crippen LogP contribution < -0.4 is 15.4 Å². The molecular weight excluding hydrogens is 330 g/mol. The molecule has 0 saturated carbocycles. The zero-order chi connectivity index (χ0) is 19.7. The zero-order valence-corrected chi connectivity index (χ0v) is 15.6. The molecular formula is C20H25N3O3. The van der Waals surface area contributed by atoms with Crippen LogP contribution in [0.1, 0.15) is 41.7 Å². The summed E-state index contributed by atoms with van der Waals surface area (Å²) in [5, 5.41) is 5.20. The molecule has 1 unspecified atom stereocenters. The van der Waals surface area contributed by atoms with Crippen LogP contribution in [0, 0.1) is 12.3 Å². The second kappa shape index (κ2) is 9.94. The first-order valence-corrected chi connectivity index (χ1v) is 8.27. The van der Waals surface area contributed by atoms with Gasteiger partial charge in [0.25, 0.3) is 11.8 Å². The number of terminal acetylenes is 1. The lowest BCUT2D eigenvalue weighted by molar-refractivity contribution is 0.0951. The Balaban J connectivity index is 3.11. The second-order valence-corrected chi connectivity index (χ2v) is 5.41. The van der Waals surface area contributed by atoms with Crippen molar-refractivity contribution in [2.45, 2.75) is 26.9 Å². The molecule has 0 spiro atoms. The van der Waals surface area contributed by atoms with E-state index in [9.17, 15) is 9.59 Å². The molecule has 0 aliphatic rings. The number of ether oxygens (including phenoxy) is 1. The Kier molecular flexibility index (Phi) is 7.97. The van der Waals surface area contributed by atoms with Gasteiger partial charge in [-0.1, -0.05) is 24.7 Å². The van der Waals surface area contributed by atoms with Gasteiger partial charge in [0, 0.05) is 25.2 Å². The maximum Gasteiger partial charge on any atom is 0.271 e. The van der Waals surface area contributed by atoms with Crippen molar-refractivity contribution in [2.24, 2.45) is 0 Å². The minimum Gasteiger partial charge on any atom is -0.484 e. The molecule has 1 rings (SSSR count). The van der Waals surface area contributed by atoms with Gasteiger partial charge in [-0.05, 0) is 32.4 Å². The average Bonchev–Trinajstić information content (AvgIpc) is 3.05. The summed E-state index contributed by atoms with van der Waals surface area (Å²) in [7, 11) is 1.51. The number of carbonyl (C=O) groups excluding carboxylic acids is 2. The van der Waals surface area contributed by atoms with Crippen molar-refractivity contribution >= 4 is 11.8 Å². The highest BCUT2D eigenvalue weighted by Gasteiger charge is 2.21. The molecule has 6 heteroatoms. The molecule has 26 heavy (non-hydrogen) atoms. The Hall–Kier alpha value is -3.20. The quantitative estimate of drug-likeness (QED) is 0.495. The number of H-pyrrole nitrogens is 1. The largest absolute Gasteiger partial charge is 0.484 e. The summed E-state index contributed by atoms with van der Waals surface area (Å²) in [6.45, 7) is 9.72. The van der Waals surface area contributed by atoms with E-state index in [2.05, 4.69) is 28.1 Å². The van der Waals surface area contributed by atoms with Crippen molar-refractivity contribution < 1.29 is 14.3 Å². The third-order valence-corrected chi connectivity index (χ3v) is 3.59. The van der Waals surface area contributed by atoms with E-state index in [1.807, 2.05) is 32.9 Å². The number of amides is 2. The predicted molar refractivity (Wildman–Crippen MR) is 103 cm³/mol. The summed E-state index contributed by atoms with van der Waals surface area (Å²) in [4.78, 5) is 26.9. The van der Waals surface area contributed by atoms with E-state index in [4.69, 9.17) is 11.2 Å². The van der Waals surface area contributed by atoms with Gasteiger partial charge < -0.3 is 20.4 Å². The molecule has 0 aliphatic carbocycles. The monoisotopic (exact) mass is 355 g/mol. The number of nitrogens with one attached hydrogen (secondary N) is 3. The fraction of sp³-hybridized carbons (Fsp3) is 0.300. The highest BCUT2D eigenvalue weighted by Crippen LogP contribution is 2.24. The first-order chi connectivity index (χ1) is 12.4. The van der Waals surface area contributed by atoms with Gasteiger partial charge in [0.1, 0.15) is 17.5 Å². The number of hydrogen-bond donors (Lipinski definition) is 3. The second-order valence-electron chi connectivity index (χ2n) is 5.41. The van der Waals surface area contributed by atoms with Gasteiger partial charge in [-0.15, -0.1) is 6.42 Å². The van der Waals surface area contributed by atoms with E-state index in [0.717, 1.165) is 5.57 Å². The molecule has 0 saturated heterocycles. The van der Waals surface area contributed by atoms with E-state index < -0.39 is 0 Å². The van der Waals surface area contributed by atoms with Crippen LogP contribution in [-0.2, 0) is 0 Å². The van der Waals surface area contributed by atoms with Crippen molar-refractivity contribution in [1.29, 1.82) is 0 Å². The van der Waals surface area contributed by atoms with E-state index in [1.54, 1.807) is 6.08 Å². The molecule has 0 aromatic carbocycles. The summed E-state index contributed by atoms with van der Waals surface area (Å²) in [6.07, 6.45) is 10.3. The van der Waals surface area contributed by atoms with E-state index in [0.29, 0.717) is 17.9 Å². The maximum absolute atomic E-state index is 12.1. The van der Waals surface area contributed by atoms with Crippen LogP contribution in [0.15, 0.2) is 42.0 Å². The lowest BCUT2D eigenvalue weighted by Gasteiger charge is -2.16. The molecule has 138 valence electrons. The minimum absolute atomic E-state index is 0.188. The Bertz CT molecular complexity index is 779. The van der Waals surface area contributed by atoms with Crippen LogP contribution in [-0.4, -0.2) is 36.5 Å². The van der Waals surface area contributed by atoms with Gasteiger partial charge in [-0.25, -0.2) is 0 Å². The summed E-state index contributed by atoms with van der Waals surface area (Å²) < 4.78 is 5.92. The molecule has 1 atom stereocenters. The molecule has 2 amide bonds. The van der Waals surface area contributed by atoms with Gasteiger partial charge in [0.15, 0.2) is 5.75 Å². The first kappa shape index (κ1) is 20.8. The Morgan fingerprint density at radius 1 is 1.42 bits per heavy atom. The topological polar surface area (TPSA) is 83.2 Å². The van der Waals surface area contributed by atoms with E-state index >= 15 is 0 Å². The van der Waals surface area contributed by atoms with Crippen LogP contribution in [0.2, 0.25) is 0 Å². The first-order valence-electron chi connectivity index (χ1n) is 8.27. The van der Waals surface area contributed by atoms with Crippen molar-refractivity contribution in [3.63, 3.8) is 0 Å². The van der Waals surface area contributed by atoms with Crippen molar-refractivity contribution in [3.8, 4) is 18.1 Å². The maximum atomic E-state index is 12.1. The summed E-state index contributed by atoms with van der Waals surface area (Å²) in [5.74, 6) is 2.05. The Labute approximate surface area is 154 Å². The zero-order valence-electron chi connectivity index (χ0n) is 15.6. The van der Waals surface area contributed by atoms with Gasteiger partial charge in [-0.2, -0.15) is 0 Å². The SMILES string of the molecule is C#CC(=C)/C=C\C(=C/C)C(C)Oc1cc(C(=O)NCC)[nH]c1C(=O)NC. The third-order valence-electron chi connectivity index (χ3n) is 3.59. The van der Waals surface area contributed by atoms with E-state index in [1.165, 1.54) is 13.1 Å². The summed E-state index contributed by atoms with van der Waals surface area (Å²) in [5.41, 5.74) is 1.84. The highest BCUT2D eigenvalue weighted by molar-refractivity contribution is 5.99. The molecule has 1 aromatic heterocycles. The Morgan fingerprint density at radius 3 is 2.65 bits per heavy atom. The molecule has 0 aliphatic heterocycles. The van der Waals surface area contributed by atoms with Gasteiger partial charge in [0.2, 0.25) is 0 Å². The van der Waals surface area contributed by atoms with Crippen LogP contribution in [0.25, 0.3) is 0 Å². The normalized spacial score (nSPS) is 12.3. The van der Waals surface area contributed by atoms with Crippen LogP contribution in [0.3, 0.4) is 0 Å². The number of hydrogen-bond acceptors (Lipinski definition) is 3. The Morgan fingerprint density at radius 2 is 2.12 bits per heavy atom. The number of allylic oxidation sites excluding steroid dienone is 3. The number of aromatic amines is 1. The molecule has 0 radical (unpaired) electrons. The molecule has 0 fully saturated rings. The van der Waals surface area contributed by atoms with E-state index in [-0.39, 0.29) is 29.3 Å². The van der Waals surface area contributed by atoms with Crippen LogP contribution in [0.5, 0.6) is 5.75 Å². The lowest BCUT2D eigenvalue weighted by Crippen LogP contribution is -2.24. The molecule has 0 bridgehead atoms.